The van der Waals surface area contributed by atoms with Crippen LogP contribution in [0.1, 0.15) is 17.4 Å². The van der Waals surface area contributed by atoms with E-state index in [4.69, 9.17) is 16.3 Å². The molecule has 1 aliphatic rings. The molecule has 1 unspecified atom stereocenters. The second-order valence-corrected chi connectivity index (χ2v) is 8.00. The average Bonchev–Trinajstić information content (AvgIpc) is 3.24. The first kappa shape index (κ1) is 20.8. The van der Waals surface area contributed by atoms with Crippen molar-refractivity contribution in [3.63, 3.8) is 0 Å². The van der Waals surface area contributed by atoms with Gasteiger partial charge < -0.3 is 14.7 Å². The first-order valence-corrected chi connectivity index (χ1v) is 10.6. The molecule has 2 aromatic carbocycles. The number of morpholine rings is 1. The predicted octanol–water partition coefficient (Wildman–Crippen LogP) is 3.74. The smallest absolute Gasteiger partial charge is 0.223 e. The van der Waals surface area contributed by atoms with Gasteiger partial charge in [-0.2, -0.15) is 5.10 Å². The van der Waals surface area contributed by atoms with Crippen molar-refractivity contribution in [2.24, 2.45) is 7.05 Å². The van der Waals surface area contributed by atoms with Crippen molar-refractivity contribution in [2.75, 3.05) is 31.2 Å². The summed E-state index contributed by atoms with van der Waals surface area (Å²) in [6.07, 6.45) is 0.644. The van der Waals surface area contributed by atoms with Crippen LogP contribution in [0.15, 0.2) is 48.7 Å². The van der Waals surface area contributed by atoms with Gasteiger partial charge in [0, 0.05) is 43.0 Å². The molecule has 3 heterocycles. The number of hydrogen-bond acceptors (Lipinski definition) is 6. The van der Waals surface area contributed by atoms with Crippen molar-refractivity contribution in [1.82, 2.24) is 19.7 Å². The number of aromatic nitrogens is 4. The summed E-state index contributed by atoms with van der Waals surface area (Å²) in [7, 11) is 1.74. The molecule has 0 saturated carbocycles. The fourth-order valence-corrected chi connectivity index (χ4v) is 4.21. The van der Waals surface area contributed by atoms with E-state index in [9.17, 15) is 9.50 Å². The second kappa shape index (κ2) is 8.46. The molecule has 7 nitrogen and oxygen atoms in total. The largest absolute Gasteiger partial charge is 0.382 e. The van der Waals surface area contributed by atoms with E-state index in [0.29, 0.717) is 41.1 Å². The van der Waals surface area contributed by atoms with Gasteiger partial charge in [-0.3, -0.25) is 4.68 Å². The molecule has 32 heavy (non-hydrogen) atoms. The monoisotopic (exact) mass is 453 g/mol. The van der Waals surface area contributed by atoms with E-state index in [1.54, 1.807) is 36.1 Å². The van der Waals surface area contributed by atoms with Crippen molar-refractivity contribution in [3.05, 3.63) is 71.0 Å². The summed E-state index contributed by atoms with van der Waals surface area (Å²) in [6.45, 7) is 2.93. The molecular formula is C23H21ClFN5O2. The van der Waals surface area contributed by atoms with Crippen LogP contribution < -0.4 is 4.90 Å². The van der Waals surface area contributed by atoms with Gasteiger partial charge >= 0.3 is 0 Å². The third-order valence-electron chi connectivity index (χ3n) is 5.73. The zero-order valence-corrected chi connectivity index (χ0v) is 18.1. The molecule has 0 amide bonds. The van der Waals surface area contributed by atoms with E-state index in [-0.39, 0.29) is 10.8 Å². The van der Waals surface area contributed by atoms with Crippen molar-refractivity contribution in [3.8, 4) is 11.3 Å². The quantitative estimate of drug-likeness (QED) is 0.474. The van der Waals surface area contributed by atoms with Gasteiger partial charge in [-0.15, -0.1) is 0 Å². The van der Waals surface area contributed by atoms with Crippen LogP contribution in [0.4, 0.5) is 10.1 Å². The van der Waals surface area contributed by atoms with E-state index < -0.39 is 11.9 Å². The Kier molecular flexibility index (Phi) is 5.50. The lowest BCUT2D eigenvalue weighted by atomic mass is 9.99. The maximum atomic E-state index is 14.9. The lowest BCUT2D eigenvalue weighted by Crippen LogP contribution is -2.36. The third-order valence-corrected chi connectivity index (χ3v) is 5.90. The Labute approximate surface area is 189 Å². The Hall–Kier alpha value is -3.07. The van der Waals surface area contributed by atoms with Gasteiger partial charge in [0.15, 0.2) is 0 Å². The number of hydrogen-bond donors (Lipinski definition) is 1. The highest BCUT2D eigenvalue weighted by molar-refractivity contribution is 6.28. The summed E-state index contributed by atoms with van der Waals surface area (Å²) >= 11 is 6.23. The fraction of sp³-hybridized carbons (Fsp3) is 0.261. The number of aliphatic hydroxyl groups is 1. The number of nitrogens with zero attached hydrogens (tertiary/aromatic N) is 5. The molecule has 1 atom stereocenters. The maximum Gasteiger partial charge on any atom is 0.223 e. The number of benzene rings is 2. The SMILES string of the molecule is Cn1nccc1C(O)c1ccc(F)c(-c2nc(Cl)nc3cc(N4CCOCC4)ccc23)c1. The first-order valence-electron chi connectivity index (χ1n) is 10.3. The Morgan fingerprint density at radius 3 is 2.66 bits per heavy atom. The molecular weight excluding hydrogens is 433 g/mol. The van der Waals surface area contributed by atoms with Crippen LogP contribution >= 0.6 is 11.6 Å². The number of anilines is 1. The third kappa shape index (κ3) is 3.81. The van der Waals surface area contributed by atoms with Crippen molar-refractivity contribution in [1.29, 1.82) is 0 Å². The lowest BCUT2D eigenvalue weighted by Gasteiger charge is -2.29. The lowest BCUT2D eigenvalue weighted by molar-refractivity contribution is 0.122. The van der Waals surface area contributed by atoms with Crippen LogP contribution in [0, 0.1) is 5.82 Å². The normalized spacial score (nSPS) is 15.3. The van der Waals surface area contributed by atoms with Crippen LogP contribution in [-0.2, 0) is 11.8 Å². The average molecular weight is 454 g/mol. The van der Waals surface area contributed by atoms with Crippen molar-refractivity contribution >= 4 is 28.2 Å². The molecule has 4 aromatic rings. The Morgan fingerprint density at radius 1 is 1.09 bits per heavy atom. The molecule has 1 N–H and O–H groups in total. The highest BCUT2D eigenvalue weighted by Crippen LogP contribution is 2.34. The molecule has 164 valence electrons. The number of rotatable bonds is 4. The van der Waals surface area contributed by atoms with Gasteiger partial charge in [0.1, 0.15) is 11.9 Å². The minimum atomic E-state index is -0.960. The molecule has 0 radical (unpaired) electrons. The molecule has 0 bridgehead atoms. The number of aliphatic hydroxyl groups excluding tert-OH is 1. The molecule has 9 heteroatoms. The van der Waals surface area contributed by atoms with Gasteiger partial charge in [-0.25, -0.2) is 14.4 Å². The topological polar surface area (TPSA) is 76.3 Å². The summed E-state index contributed by atoms with van der Waals surface area (Å²) in [4.78, 5) is 10.9. The number of ether oxygens (including phenoxy) is 1. The molecule has 1 aliphatic heterocycles. The zero-order chi connectivity index (χ0) is 22.2. The van der Waals surface area contributed by atoms with Crippen LogP contribution in [0.3, 0.4) is 0 Å². The highest BCUT2D eigenvalue weighted by Gasteiger charge is 2.20. The standard InChI is InChI=1S/C23H21ClFN5O2/c1-29-20(6-7-26-29)22(31)14-2-5-18(25)17(12-14)21-16-4-3-15(30-8-10-32-11-9-30)13-19(16)27-23(24)28-21/h2-7,12-13,22,31H,8-11H2,1H3. The summed E-state index contributed by atoms with van der Waals surface area (Å²) in [5.41, 5.74) is 3.38. The Balaban J connectivity index is 1.60. The van der Waals surface area contributed by atoms with Crippen LogP contribution in [0.5, 0.6) is 0 Å². The second-order valence-electron chi connectivity index (χ2n) is 7.66. The predicted molar refractivity (Wildman–Crippen MR) is 120 cm³/mol. The van der Waals surface area contributed by atoms with Crippen molar-refractivity contribution in [2.45, 2.75) is 6.10 Å². The fourth-order valence-electron chi connectivity index (χ4n) is 4.03. The van der Waals surface area contributed by atoms with Crippen LogP contribution in [0.2, 0.25) is 5.28 Å². The van der Waals surface area contributed by atoms with E-state index in [1.165, 1.54) is 6.07 Å². The first-order chi connectivity index (χ1) is 15.5. The summed E-state index contributed by atoms with van der Waals surface area (Å²) in [5.74, 6) is -0.459. The summed E-state index contributed by atoms with van der Waals surface area (Å²) in [6, 6.07) is 12.0. The van der Waals surface area contributed by atoms with E-state index in [0.717, 1.165) is 18.8 Å². The van der Waals surface area contributed by atoms with Crippen LogP contribution in [-0.4, -0.2) is 51.2 Å². The molecule has 5 rings (SSSR count). The highest BCUT2D eigenvalue weighted by atomic mass is 35.5. The molecule has 0 aliphatic carbocycles. The van der Waals surface area contributed by atoms with E-state index in [1.807, 2.05) is 18.2 Å². The minimum absolute atomic E-state index is 0.0311. The molecule has 0 spiro atoms. The van der Waals surface area contributed by atoms with Gasteiger partial charge in [-0.05, 0) is 53.6 Å². The van der Waals surface area contributed by atoms with E-state index in [2.05, 4.69) is 20.0 Å². The van der Waals surface area contributed by atoms with Gasteiger partial charge in [0.2, 0.25) is 5.28 Å². The van der Waals surface area contributed by atoms with E-state index >= 15 is 0 Å². The number of fused-ring (bicyclic) bond motifs is 1. The Morgan fingerprint density at radius 2 is 1.91 bits per heavy atom. The minimum Gasteiger partial charge on any atom is -0.382 e. The maximum absolute atomic E-state index is 14.9. The number of aryl methyl sites for hydroxylation is 1. The van der Waals surface area contributed by atoms with Gasteiger partial charge in [-0.1, -0.05) is 6.07 Å². The summed E-state index contributed by atoms with van der Waals surface area (Å²) in [5, 5.41) is 15.6. The van der Waals surface area contributed by atoms with Crippen molar-refractivity contribution < 1.29 is 14.2 Å². The number of halogens is 2. The molecule has 1 saturated heterocycles. The van der Waals surface area contributed by atoms with Gasteiger partial charge in [0.25, 0.3) is 0 Å². The molecule has 1 fully saturated rings. The molecule has 2 aromatic heterocycles. The zero-order valence-electron chi connectivity index (χ0n) is 17.4. The van der Waals surface area contributed by atoms with Gasteiger partial charge in [0.05, 0.1) is 30.1 Å². The van der Waals surface area contributed by atoms with Crippen LogP contribution in [0.25, 0.3) is 22.2 Å². The summed E-state index contributed by atoms with van der Waals surface area (Å²) < 4.78 is 22.0. The Bertz CT molecular complexity index is 1290.